The number of allylic oxidation sites excluding steroid dienone is 1. The van der Waals surface area contributed by atoms with Crippen LogP contribution in [0.25, 0.3) is 0 Å². The van der Waals surface area contributed by atoms with Gasteiger partial charge in [0.2, 0.25) is 0 Å². The molecule has 2 aliphatic rings. The lowest BCUT2D eigenvalue weighted by molar-refractivity contribution is -0.116. The van der Waals surface area contributed by atoms with Crippen molar-refractivity contribution in [3.05, 3.63) is 23.4 Å². The predicted octanol–water partition coefficient (Wildman–Crippen LogP) is -0.116. The van der Waals surface area contributed by atoms with Crippen LogP contribution in [0.1, 0.15) is 12.8 Å². The first-order valence-electron chi connectivity index (χ1n) is 5.39. The predicted molar refractivity (Wildman–Crippen MR) is 62.9 cm³/mol. The van der Waals surface area contributed by atoms with Crippen LogP contribution in [0, 0.1) is 0 Å². The van der Waals surface area contributed by atoms with E-state index in [9.17, 15) is 4.79 Å². The Bertz CT molecular complexity index is 395. The van der Waals surface area contributed by atoms with Crippen molar-refractivity contribution in [2.45, 2.75) is 18.9 Å². The number of nitrogens with one attached hydrogen (secondary N) is 3. The molecule has 5 nitrogen and oxygen atoms in total. The van der Waals surface area contributed by atoms with E-state index in [0.29, 0.717) is 5.57 Å². The van der Waals surface area contributed by atoms with E-state index in [1.54, 1.807) is 14.1 Å². The smallest absolute Gasteiger partial charge is 0.252 e. The van der Waals surface area contributed by atoms with Gasteiger partial charge in [0.05, 0.1) is 17.3 Å². The van der Waals surface area contributed by atoms with Gasteiger partial charge in [-0.2, -0.15) is 0 Å². The van der Waals surface area contributed by atoms with Crippen LogP contribution in [0.5, 0.6) is 0 Å². The monoisotopic (exact) mass is 220 g/mol. The van der Waals surface area contributed by atoms with Crippen molar-refractivity contribution >= 4 is 11.9 Å². The fourth-order valence-corrected chi connectivity index (χ4v) is 1.97. The second-order valence-corrected chi connectivity index (χ2v) is 3.78. The molecule has 3 N–H and O–H groups in total. The Kier molecular flexibility index (Phi) is 2.94. The SMILES string of the molecule is CN=C1NC2=C(C(=O)NC)C=CCCC2N1. The van der Waals surface area contributed by atoms with Gasteiger partial charge in [-0.25, -0.2) is 0 Å². The van der Waals surface area contributed by atoms with Gasteiger partial charge in [-0.1, -0.05) is 12.2 Å². The number of hydrogen-bond acceptors (Lipinski definition) is 2. The Morgan fingerprint density at radius 1 is 1.62 bits per heavy atom. The number of amides is 1. The summed E-state index contributed by atoms with van der Waals surface area (Å²) in [5, 5.41) is 9.06. The summed E-state index contributed by atoms with van der Waals surface area (Å²) < 4.78 is 0. The summed E-state index contributed by atoms with van der Waals surface area (Å²) in [6.45, 7) is 0. The van der Waals surface area contributed by atoms with Crippen molar-refractivity contribution in [1.29, 1.82) is 0 Å². The summed E-state index contributed by atoms with van der Waals surface area (Å²) in [7, 11) is 3.36. The van der Waals surface area contributed by atoms with Crippen LogP contribution in [-0.2, 0) is 4.79 Å². The molecule has 1 aliphatic heterocycles. The number of guanidine groups is 1. The molecule has 0 aromatic heterocycles. The summed E-state index contributed by atoms with van der Waals surface area (Å²) in [6.07, 6.45) is 5.84. The van der Waals surface area contributed by atoms with Gasteiger partial charge in [-0.3, -0.25) is 9.79 Å². The van der Waals surface area contributed by atoms with E-state index in [0.717, 1.165) is 24.5 Å². The van der Waals surface area contributed by atoms with Gasteiger partial charge in [0.15, 0.2) is 5.96 Å². The summed E-state index contributed by atoms with van der Waals surface area (Å²) >= 11 is 0. The van der Waals surface area contributed by atoms with Crippen LogP contribution in [0.3, 0.4) is 0 Å². The molecule has 1 saturated heterocycles. The second-order valence-electron chi connectivity index (χ2n) is 3.78. The van der Waals surface area contributed by atoms with E-state index in [4.69, 9.17) is 0 Å². The number of fused-ring (bicyclic) bond motifs is 1. The van der Waals surface area contributed by atoms with Crippen molar-refractivity contribution < 1.29 is 4.79 Å². The van der Waals surface area contributed by atoms with Crippen LogP contribution in [0.4, 0.5) is 0 Å². The molecule has 0 saturated carbocycles. The van der Waals surface area contributed by atoms with Crippen molar-refractivity contribution in [3.63, 3.8) is 0 Å². The fraction of sp³-hybridized carbons (Fsp3) is 0.455. The van der Waals surface area contributed by atoms with Crippen LogP contribution >= 0.6 is 0 Å². The lowest BCUT2D eigenvalue weighted by Gasteiger charge is -2.10. The molecule has 1 unspecified atom stereocenters. The number of hydrogen-bond donors (Lipinski definition) is 3. The average molecular weight is 220 g/mol. The summed E-state index contributed by atoms with van der Waals surface area (Å²) in [5.74, 6) is 0.668. The molecule has 0 aromatic carbocycles. The van der Waals surface area contributed by atoms with Crippen molar-refractivity contribution in [3.8, 4) is 0 Å². The number of carbonyl (C=O) groups excluding carboxylic acids is 1. The highest BCUT2D eigenvalue weighted by atomic mass is 16.1. The molecular formula is C11H16N4O. The minimum Gasteiger partial charge on any atom is -0.355 e. The van der Waals surface area contributed by atoms with E-state index >= 15 is 0 Å². The molecule has 1 heterocycles. The van der Waals surface area contributed by atoms with Gasteiger partial charge in [0.1, 0.15) is 0 Å². The van der Waals surface area contributed by atoms with Crippen LogP contribution in [0.15, 0.2) is 28.4 Å². The Morgan fingerprint density at radius 2 is 2.44 bits per heavy atom. The number of aliphatic imine (C=N–C) groups is 1. The molecule has 1 fully saturated rings. The van der Waals surface area contributed by atoms with Gasteiger partial charge in [0, 0.05) is 14.1 Å². The van der Waals surface area contributed by atoms with Crippen LogP contribution in [0.2, 0.25) is 0 Å². The minimum absolute atomic E-state index is 0.0650. The Morgan fingerprint density at radius 3 is 3.12 bits per heavy atom. The van der Waals surface area contributed by atoms with Crippen LogP contribution in [-0.4, -0.2) is 32.0 Å². The third-order valence-electron chi connectivity index (χ3n) is 2.80. The lowest BCUT2D eigenvalue weighted by Crippen LogP contribution is -2.27. The first-order valence-corrected chi connectivity index (χ1v) is 5.39. The zero-order valence-electron chi connectivity index (χ0n) is 9.50. The topological polar surface area (TPSA) is 65.5 Å². The maximum atomic E-state index is 11.7. The average Bonchev–Trinajstić information content (AvgIpc) is 2.62. The minimum atomic E-state index is -0.0650. The molecule has 0 aromatic rings. The maximum absolute atomic E-state index is 11.7. The molecule has 86 valence electrons. The summed E-state index contributed by atoms with van der Waals surface area (Å²) in [6, 6.07) is 0.168. The first kappa shape index (κ1) is 10.7. The molecule has 1 atom stereocenters. The van der Waals surface area contributed by atoms with Gasteiger partial charge >= 0.3 is 0 Å². The van der Waals surface area contributed by atoms with Gasteiger partial charge < -0.3 is 16.0 Å². The van der Waals surface area contributed by atoms with Gasteiger partial charge in [-0.05, 0) is 12.8 Å². The summed E-state index contributed by atoms with van der Waals surface area (Å²) in [5.41, 5.74) is 1.62. The number of rotatable bonds is 1. The van der Waals surface area contributed by atoms with Crippen molar-refractivity contribution in [1.82, 2.24) is 16.0 Å². The third kappa shape index (κ3) is 1.80. The number of carbonyl (C=O) groups is 1. The molecular weight excluding hydrogens is 204 g/mol. The number of nitrogens with zero attached hydrogens (tertiary/aromatic N) is 1. The van der Waals surface area contributed by atoms with Gasteiger partial charge in [-0.15, -0.1) is 0 Å². The third-order valence-corrected chi connectivity index (χ3v) is 2.80. The van der Waals surface area contributed by atoms with E-state index in [1.165, 1.54) is 0 Å². The number of likely N-dealkylation sites (N-methyl/N-ethyl adjacent to an activating group) is 1. The highest BCUT2D eigenvalue weighted by Crippen LogP contribution is 2.20. The zero-order chi connectivity index (χ0) is 11.5. The highest BCUT2D eigenvalue weighted by molar-refractivity contribution is 5.99. The zero-order valence-corrected chi connectivity index (χ0v) is 9.50. The molecule has 0 bridgehead atoms. The second kappa shape index (κ2) is 4.38. The summed E-state index contributed by atoms with van der Waals surface area (Å²) in [4.78, 5) is 15.8. The van der Waals surface area contributed by atoms with Crippen LogP contribution < -0.4 is 16.0 Å². The van der Waals surface area contributed by atoms with E-state index in [1.807, 2.05) is 12.2 Å². The molecule has 2 rings (SSSR count). The van der Waals surface area contributed by atoms with Gasteiger partial charge in [0.25, 0.3) is 5.91 Å². The normalized spacial score (nSPS) is 25.9. The maximum Gasteiger partial charge on any atom is 0.252 e. The standard InChI is InChI=1S/C11H16N4O/c1-12-10(16)7-5-3-4-6-8-9(7)15-11(13-2)14-8/h3,5,8H,4,6H2,1-2H3,(H,12,16)(H2,13,14,15). The van der Waals surface area contributed by atoms with E-state index in [-0.39, 0.29) is 11.9 Å². The molecule has 0 spiro atoms. The molecule has 1 aliphatic carbocycles. The molecule has 0 radical (unpaired) electrons. The Hall–Kier alpha value is -1.78. The fourth-order valence-electron chi connectivity index (χ4n) is 1.97. The largest absolute Gasteiger partial charge is 0.355 e. The molecule has 1 amide bonds. The molecule has 16 heavy (non-hydrogen) atoms. The Labute approximate surface area is 94.7 Å². The van der Waals surface area contributed by atoms with Crippen molar-refractivity contribution in [2.75, 3.05) is 14.1 Å². The lowest BCUT2D eigenvalue weighted by atomic mass is 10.1. The Balaban J connectivity index is 2.39. The molecule has 5 heteroatoms. The quantitative estimate of drug-likeness (QED) is 0.577. The van der Waals surface area contributed by atoms with E-state index < -0.39 is 0 Å². The van der Waals surface area contributed by atoms with Crippen molar-refractivity contribution in [2.24, 2.45) is 4.99 Å². The first-order chi connectivity index (χ1) is 7.76. The highest BCUT2D eigenvalue weighted by Gasteiger charge is 2.29. The van der Waals surface area contributed by atoms with E-state index in [2.05, 4.69) is 20.9 Å².